The van der Waals surface area contributed by atoms with E-state index in [1.165, 1.54) is 24.0 Å². The number of unbranched alkanes of at least 4 members (excludes halogenated alkanes) is 2. The van der Waals surface area contributed by atoms with Crippen LogP contribution >= 0.6 is 0 Å². The summed E-state index contributed by atoms with van der Waals surface area (Å²) in [6.45, 7) is 5.93. The van der Waals surface area contributed by atoms with Gasteiger partial charge in [0.15, 0.2) is 0 Å². The average Bonchev–Trinajstić information content (AvgIpc) is 2.49. The largest absolute Gasteiger partial charge is 0.356 e. The Labute approximate surface area is 122 Å². The molecule has 110 valence electrons. The summed E-state index contributed by atoms with van der Waals surface area (Å²) in [6.07, 6.45) is 5.22. The minimum absolute atomic E-state index is 0.194. The Morgan fingerprint density at radius 3 is 2.85 bits per heavy atom. The van der Waals surface area contributed by atoms with Crippen LogP contribution in [-0.2, 0) is 17.8 Å². The van der Waals surface area contributed by atoms with E-state index in [1.807, 2.05) is 0 Å². The predicted octanol–water partition coefficient (Wildman–Crippen LogP) is 2.74. The minimum atomic E-state index is 0.194. The fraction of sp³-hybridized carbons (Fsp3) is 0.588. The van der Waals surface area contributed by atoms with Gasteiger partial charge < -0.3 is 5.32 Å². The molecule has 1 aromatic carbocycles. The summed E-state index contributed by atoms with van der Waals surface area (Å²) in [5.41, 5.74) is 2.88. The first-order valence-electron chi connectivity index (χ1n) is 7.85. The molecule has 1 aliphatic rings. The monoisotopic (exact) mass is 274 g/mol. The maximum atomic E-state index is 11.8. The smallest absolute Gasteiger partial charge is 0.221 e. The number of hydrogen-bond acceptors (Lipinski definition) is 2. The van der Waals surface area contributed by atoms with E-state index >= 15 is 0 Å². The number of fused-ring (bicyclic) bond motifs is 1. The van der Waals surface area contributed by atoms with Crippen LogP contribution in [0, 0.1) is 0 Å². The molecule has 2 rings (SSSR count). The third kappa shape index (κ3) is 4.64. The zero-order chi connectivity index (χ0) is 14.2. The second-order valence-electron chi connectivity index (χ2n) is 5.60. The van der Waals surface area contributed by atoms with Crippen molar-refractivity contribution in [2.45, 2.75) is 45.6 Å². The van der Waals surface area contributed by atoms with E-state index in [1.54, 1.807) is 0 Å². The highest BCUT2D eigenvalue weighted by atomic mass is 16.1. The summed E-state index contributed by atoms with van der Waals surface area (Å²) >= 11 is 0. The molecular formula is C17H26N2O. The molecule has 0 atom stereocenters. The van der Waals surface area contributed by atoms with Crippen LogP contribution in [0.1, 0.15) is 43.7 Å². The van der Waals surface area contributed by atoms with E-state index in [0.717, 1.165) is 39.0 Å². The van der Waals surface area contributed by atoms with Crippen LogP contribution in [0.4, 0.5) is 0 Å². The zero-order valence-electron chi connectivity index (χ0n) is 12.5. The second-order valence-corrected chi connectivity index (χ2v) is 5.60. The Balaban J connectivity index is 1.67. The van der Waals surface area contributed by atoms with Crippen molar-refractivity contribution in [3.63, 3.8) is 0 Å². The fourth-order valence-electron chi connectivity index (χ4n) is 2.70. The molecule has 0 spiro atoms. The summed E-state index contributed by atoms with van der Waals surface area (Å²) in [7, 11) is 0. The molecular weight excluding hydrogens is 248 g/mol. The number of amides is 1. The van der Waals surface area contributed by atoms with Crippen LogP contribution in [0.15, 0.2) is 24.3 Å². The fourth-order valence-corrected chi connectivity index (χ4v) is 2.70. The minimum Gasteiger partial charge on any atom is -0.356 e. The summed E-state index contributed by atoms with van der Waals surface area (Å²) in [4.78, 5) is 14.1. The van der Waals surface area contributed by atoms with Crippen LogP contribution < -0.4 is 5.32 Å². The van der Waals surface area contributed by atoms with Crippen molar-refractivity contribution in [1.29, 1.82) is 0 Å². The van der Waals surface area contributed by atoms with Crippen molar-refractivity contribution in [1.82, 2.24) is 10.2 Å². The third-order valence-corrected chi connectivity index (χ3v) is 3.97. The quantitative estimate of drug-likeness (QED) is 0.775. The number of nitrogens with zero attached hydrogens (tertiary/aromatic N) is 1. The molecule has 0 aliphatic carbocycles. The molecule has 1 aromatic rings. The van der Waals surface area contributed by atoms with E-state index in [9.17, 15) is 4.79 Å². The Kier molecular flexibility index (Phi) is 6.06. The maximum Gasteiger partial charge on any atom is 0.221 e. The standard InChI is InChI=1S/C17H26N2O/c1-2-3-6-11-18-17(20)10-13-19-12-9-15-7-4-5-8-16(15)14-19/h4-5,7-8H,2-3,6,9-14H2,1H3,(H,18,20). The van der Waals surface area contributed by atoms with Crippen molar-refractivity contribution in [3.8, 4) is 0 Å². The normalized spacial score (nSPS) is 14.8. The van der Waals surface area contributed by atoms with Gasteiger partial charge in [-0.15, -0.1) is 0 Å². The molecule has 1 heterocycles. The molecule has 1 aliphatic heterocycles. The number of hydrogen-bond donors (Lipinski definition) is 1. The van der Waals surface area contributed by atoms with E-state index in [-0.39, 0.29) is 5.91 Å². The van der Waals surface area contributed by atoms with Gasteiger partial charge in [0.25, 0.3) is 0 Å². The molecule has 0 saturated heterocycles. The molecule has 1 amide bonds. The van der Waals surface area contributed by atoms with Crippen LogP contribution in [0.3, 0.4) is 0 Å². The molecule has 0 bridgehead atoms. The van der Waals surface area contributed by atoms with Gasteiger partial charge in [0.2, 0.25) is 5.91 Å². The van der Waals surface area contributed by atoms with Gasteiger partial charge in [-0.25, -0.2) is 0 Å². The number of nitrogens with one attached hydrogen (secondary N) is 1. The summed E-state index contributed by atoms with van der Waals surface area (Å²) in [5, 5.41) is 3.01. The first-order valence-corrected chi connectivity index (χ1v) is 7.85. The molecule has 0 saturated carbocycles. The SMILES string of the molecule is CCCCCNC(=O)CCN1CCc2ccccc2C1. The average molecular weight is 274 g/mol. The first kappa shape index (κ1) is 15.0. The first-order chi connectivity index (χ1) is 9.79. The van der Waals surface area contributed by atoms with Gasteiger partial charge in [-0.05, 0) is 24.0 Å². The van der Waals surface area contributed by atoms with Crippen LogP contribution in [-0.4, -0.2) is 30.4 Å². The molecule has 3 heteroatoms. The lowest BCUT2D eigenvalue weighted by atomic mass is 10.00. The highest BCUT2D eigenvalue weighted by Gasteiger charge is 2.15. The lowest BCUT2D eigenvalue weighted by molar-refractivity contribution is -0.121. The van der Waals surface area contributed by atoms with Gasteiger partial charge in [0, 0.05) is 32.6 Å². The number of carbonyl (C=O) groups is 1. The van der Waals surface area contributed by atoms with E-state index < -0.39 is 0 Å². The summed E-state index contributed by atoms with van der Waals surface area (Å²) in [6, 6.07) is 8.63. The van der Waals surface area contributed by atoms with Gasteiger partial charge in [0.1, 0.15) is 0 Å². The molecule has 0 aromatic heterocycles. The summed E-state index contributed by atoms with van der Waals surface area (Å²) in [5.74, 6) is 0.194. The van der Waals surface area contributed by atoms with Crippen molar-refractivity contribution >= 4 is 5.91 Å². The highest BCUT2D eigenvalue weighted by Crippen LogP contribution is 2.18. The van der Waals surface area contributed by atoms with Gasteiger partial charge in [0.05, 0.1) is 0 Å². The lowest BCUT2D eigenvalue weighted by Crippen LogP contribution is -2.34. The zero-order valence-corrected chi connectivity index (χ0v) is 12.5. The van der Waals surface area contributed by atoms with E-state index in [0.29, 0.717) is 6.42 Å². The molecule has 20 heavy (non-hydrogen) atoms. The lowest BCUT2D eigenvalue weighted by Gasteiger charge is -2.28. The van der Waals surface area contributed by atoms with Crippen LogP contribution in [0.5, 0.6) is 0 Å². The topological polar surface area (TPSA) is 32.3 Å². The van der Waals surface area contributed by atoms with E-state index in [4.69, 9.17) is 0 Å². The maximum absolute atomic E-state index is 11.8. The molecule has 0 fully saturated rings. The van der Waals surface area contributed by atoms with Gasteiger partial charge in [-0.3, -0.25) is 9.69 Å². The number of carbonyl (C=O) groups excluding carboxylic acids is 1. The number of rotatable bonds is 7. The Hall–Kier alpha value is -1.35. The third-order valence-electron chi connectivity index (χ3n) is 3.97. The molecule has 0 unspecified atom stereocenters. The molecule has 1 N–H and O–H groups in total. The predicted molar refractivity (Wildman–Crippen MR) is 82.6 cm³/mol. The number of benzene rings is 1. The molecule has 3 nitrogen and oxygen atoms in total. The van der Waals surface area contributed by atoms with Crippen molar-refractivity contribution in [2.75, 3.05) is 19.6 Å². The Morgan fingerprint density at radius 1 is 1.25 bits per heavy atom. The summed E-state index contributed by atoms with van der Waals surface area (Å²) < 4.78 is 0. The Bertz CT molecular complexity index is 431. The van der Waals surface area contributed by atoms with Crippen LogP contribution in [0.2, 0.25) is 0 Å². The van der Waals surface area contributed by atoms with Crippen molar-refractivity contribution in [3.05, 3.63) is 35.4 Å². The van der Waals surface area contributed by atoms with Crippen LogP contribution in [0.25, 0.3) is 0 Å². The highest BCUT2D eigenvalue weighted by molar-refractivity contribution is 5.76. The second kappa shape index (κ2) is 8.05. The van der Waals surface area contributed by atoms with Gasteiger partial charge >= 0.3 is 0 Å². The van der Waals surface area contributed by atoms with E-state index in [2.05, 4.69) is 41.4 Å². The van der Waals surface area contributed by atoms with Gasteiger partial charge in [-0.2, -0.15) is 0 Å². The van der Waals surface area contributed by atoms with Gasteiger partial charge in [-0.1, -0.05) is 44.0 Å². The Morgan fingerprint density at radius 2 is 2.05 bits per heavy atom. The molecule has 0 radical (unpaired) electrons. The van der Waals surface area contributed by atoms with Crippen molar-refractivity contribution in [2.24, 2.45) is 0 Å². The van der Waals surface area contributed by atoms with Crippen molar-refractivity contribution < 1.29 is 4.79 Å².